The van der Waals surface area contributed by atoms with Crippen molar-refractivity contribution < 1.29 is 14.5 Å². The number of hydrogen-bond donors (Lipinski definition) is 1. The van der Waals surface area contributed by atoms with Gasteiger partial charge >= 0.3 is 0 Å². The van der Waals surface area contributed by atoms with Crippen molar-refractivity contribution in [2.45, 2.75) is 18.9 Å². The van der Waals surface area contributed by atoms with Crippen LogP contribution in [0.4, 0.5) is 11.4 Å². The fraction of sp³-hybridized carbons (Fsp3) is 0.409. The second-order valence-corrected chi connectivity index (χ2v) is 7.62. The molecule has 0 bridgehead atoms. The van der Waals surface area contributed by atoms with E-state index in [9.17, 15) is 14.9 Å². The van der Waals surface area contributed by atoms with Gasteiger partial charge in [-0.2, -0.15) is 0 Å². The van der Waals surface area contributed by atoms with Crippen LogP contribution in [-0.2, 0) is 0 Å². The summed E-state index contributed by atoms with van der Waals surface area (Å²) in [5.41, 5.74) is 1.85. The predicted octanol–water partition coefficient (Wildman–Crippen LogP) is 3.24. The monoisotopic (exact) mass is 412 g/mol. The second-order valence-electron chi connectivity index (χ2n) is 7.62. The highest BCUT2D eigenvalue weighted by Gasteiger charge is 2.24. The number of methoxy groups -OCH3 is 1. The van der Waals surface area contributed by atoms with E-state index in [1.54, 1.807) is 19.2 Å². The molecule has 0 radical (unpaired) electrons. The van der Waals surface area contributed by atoms with Crippen molar-refractivity contribution in [3.05, 3.63) is 63.7 Å². The minimum atomic E-state index is -0.413. The van der Waals surface area contributed by atoms with E-state index in [1.165, 1.54) is 6.07 Å². The number of nitro groups is 1. The molecule has 1 aliphatic heterocycles. The summed E-state index contributed by atoms with van der Waals surface area (Å²) < 4.78 is 5.29. The van der Waals surface area contributed by atoms with Crippen LogP contribution in [0.2, 0.25) is 0 Å². The third-order valence-electron chi connectivity index (χ3n) is 5.44. The van der Waals surface area contributed by atoms with E-state index in [2.05, 4.69) is 5.32 Å². The number of benzene rings is 2. The number of ether oxygens (including phenoxy) is 1. The lowest BCUT2D eigenvalue weighted by atomic mass is 10.1. The molecule has 160 valence electrons. The third-order valence-corrected chi connectivity index (χ3v) is 5.44. The number of nitrogens with one attached hydrogen (secondary N) is 1. The summed E-state index contributed by atoms with van der Waals surface area (Å²) in [4.78, 5) is 27.9. The summed E-state index contributed by atoms with van der Waals surface area (Å²) in [6.07, 6.45) is 2.05. The Morgan fingerprint density at radius 1 is 1.23 bits per heavy atom. The Morgan fingerprint density at radius 2 is 1.97 bits per heavy atom. The Hall–Kier alpha value is -3.13. The number of nitro benzene ring substituents is 1. The molecule has 2 aromatic rings. The molecule has 1 atom stereocenters. The summed E-state index contributed by atoms with van der Waals surface area (Å²) >= 11 is 0. The van der Waals surface area contributed by atoms with Crippen molar-refractivity contribution in [1.29, 1.82) is 0 Å². The highest BCUT2D eigenvalue weighted by atomic mass is 16.6. The van der Waals surface area contributed by atoms with Crippen LogP contribution in [0.3, 0.4) is 0 Å². The summed E-state index contributed by atoms with van der Waals surface area (Å²) in [5.74, 6) is 0.416. The fourth-order valence-electron chi connectivity index (χ4n) is 3.78. The van der Waals surface area contributed by atoms with E-state index in [0.717, 1.165) is 37.2 Å². The van der Waals surface area contributed by atoms with E-state index in [0.29, 0.717) is 12.2 Å². The first-order valence-corrected chi connectivity index (χ1v) is 10.0. The zero-order valence-electron chi connectivity index (χ0n) is 17.6. The SMILES string of the molecule is COc1cccc(C(CNC(=O)c2ccc(N3CCCC3)c([N+](=O)[O-])c2)N(C)C)c1. The van der Waals surface area contributed by atoms with E-state index < -0.39 is 4.92 Å². The van der Waals surface area contributed by atoms with E-state index in [4.69, 9.17) is 4.74 Å². The van der Waals surface area contributed by atoms with Gasteiger partial charge in [0.05, 0.1) is 18.1 Å². The van der Waals surface area contributed by atoms with Crippen molar-refractivity contribution in [3.8, 4) is 5.75 Å². The standard InChI is InChI=1S/C22H28N4O4/c1-24(2)21(16-7-6-8-18(13-16)30-3)15-23-22(27)17-9-10-19(20(14-17)26(28)29)25-11-4-5-12-25/h6-10,13-14,21H,4-5,11-12,15H2,1-3H3,(H,23,27). The van der Waals surface area contributed by atoms with Gasteiger partial charge in [-0.3, -0.25) is 14.9 Å². The molecule has 0 aliphatic carbocycles. The van der Waals surface area contributed by atoms with Crippen LogP contribution < -0.4 is 15.0 Å². The van der Waals surface area contributed by atoms with Crippen molar-refractivity contribution >= 4 is 17.3 Å². The number of amides is 1. The smallest absolute Gasteiger partial charge is 0.293 e. The van der Waals surface area contributed by atoms with Gasteiger partial charge in [-0.15, -0.1) is 0 Å². The van der Waals surface area contributed by atoms with Crippen LogP contribution >= 0.6 is 0 Å². The maximum atomic E-state index is 12.7. The van der Waals surface area contributed by atoms with Gasteiger partial charge in [-0.25, -0.2) is 0 Å². The molecular weight excluding hydrogens is 384 g/mol. The Kier molecular flexibility index (Phi) is 6.89. The summed E-state index contributed by atoms with van der Waals surface area (Å²) in [5, 5.41) is 14.5. The molecule has 1 saturated heterocycles. The molecule has 1 unspecified atom stereocenters. The lowest BCUT2D eigenvalue weighted by Gasteiger charge is -2.25. The van der Waals surface area contributed by atoms with Gasteiger partial charge in [0.1, 0.15) is 11.4 Å². The van der Waals surface area contributed by atoms with E-state index in [1.807, 2.05) is 48.2 Å². The lowest BCUT2D eigenvalue weighted by Crippen LogP contribution is -2.34. The van der Waals surface area contributed by atoms with Gasteiger partial charge in [-0.05, 0) is 56.8 Å². The maximum Gasteiger partial charge on any atom is 0.293 e. The molecule has 0 saturated carbocycles. The summed E-state index contributed by atoms with van der Waals surface area (Å²) in [6, 6.07) is 12.3. The van der Waals surface area contributed by atoms with Gasteiger partial charge in [0.15, 0.2) is 0 Å². The van der Waals surface area contributed by atoms with Crippen LogP contribution in [0.5, 0.6) is 5.75 Å². The zero-order chi connectivity index (χ0) is 21.7. The Bertz CT molecular complexity index is 910. The molecule has 1 amide bonds. The van der Waals surface area contributed by atoms with Crippen molar-refractivity contribution in [3.63, 3.8) is 0 Å². The average molecular weight is 412 g/mol. The first kappa shape index (κ1) is 21.6. The Labute approximate surface area is 176 Å². The molecular formula is C22H28N4O4. The van der Waals surface area contributed by atoms with Crippen molar-refractivity contribution in [2.75, 3.05) is 45.7 Å². The topological polar surface area (TPSA) is 87.9 Å². The van der Waals surface area contributed by atoms with Crippen LogP contribution in [-0.4, -0.2) is 56.6 Å². The van der Waals surface area contributed by atoms with E-state index >= 15 is 0 Å². The number of likely N-dealkylation sites (N-methyl/N-ethyl adjacent to an activating group) is 1. The normalized spacial score (nSPS) is 14.6. The molecule has 1 aliphatic rings. The first-order chi connectivity index (χ1) is 14.4. The molecule has 1 N–H and O–H groups in total. The van der Waals surface area contributed by atoms with Crippen molar-refractivity contribution in [1.82, 2.24) is 10.2 Å². The van der Waals surface area contributed by atoms with Gasteiger partial charge in [0.2, 0.25) is 0 Å². The first-order valence-electron chi connectivity index (χ1n) is 10.0. The molecule has 0 aromatic heterocycles. The molecule has 3 rings (SSSR count). The Morgan fingerprint density at radius 3 is 2.60 bits per heavy atom. The van der Waals surface area contributed by atoms with Gasteiger partial charge < -0.3 is 19.9 Å². The molecule has 2 aromatic carbocycles. The van der Waals surface area contributed by atoms with Crippen LogP contribution in [0.1, 0.15) is 34.8 Å². The second kappa shape index (κ2) is 9.58. The van der Waals surface area contributed by atoms with Crippen LogP contribution in [0.25, 0.3) is 0 Å². The van der Waals surface area contributed by atoms with Crippen LogP contribution in [0.15, 0.2) is 42.5 Å². The predicted molar refractivity (Wildman–Crippen MR) is 116 cm³/mol. The summed E-state index contributed by atoms with van der Waals surface area (Å²) in [6.45, 7) is 1.97. The van der Waals surface area contributed by atoms with Gasteiger partial charge in [0.25, 0.3) is 11.6 Å². The third kappa shape index (κ3) is 4.88. The number of nitrogens with zero attached hydrogens (tertiary/aromatic N) is 3. The highest BCUT2D eigenvalue weighted by Crippen LogP contribution is 2.31. The molecule has 1 heterocycles. The van der Waals surface area contributed by atoms with Gasteiger partial charge in [-0.1, -0.05) is 12.1 Å². The summed E-state index contributed by atoms with van der Waals surface area (Å²) in [7, 11) is 5.49. The largest absolute Gasteiger partial charge is 0.497 e. The molecule has 8 nitrogen and oxygen atoms in total. The van der Waals surface area contributed by atoms with Gasteiger partial charge in [0, 0.05) is 31.3 Å². The minimum absolute atomic E-state index is 0.0264. The fourth-order valence-corrected chi connectivity index (χ4v) is 3.78. The maximum absolute atomic E-state index is 12.7. The number of hydrogen-bond acceptors (Lipinski definition) is 6. The number of rotatable bonds is 8. The average Bonchev–Trinajstić information content (AvgIpc) is 3.28. The van der Waals surface area contributed by atoms with Crippen LogP contribution in [0, 0.1) is 10.1 Å². The molecule has 30 heavy (non-hydrogen) atoms. The quantitative estimate of drug-likeness (QED) is 0.529. The number of anilines is 1. The van der Waals surface area contributed by atoms with E-state index in [-0.39, 0.29) is 23.2 Å². The number of carbonyl (C=O) groups excluding carboxylic acids is 1. The number of carbonyl (C=O) groups is 1. The molecule has 0 spiro atoms. The van der Waals surface area contributed by atoms with Crippen molar-refractivity contribution in [2.24, 2.45) is 0 Å². The lowest BCUT2D eigenvalue weighted by molar-refractivity contribution is -0.384. The molecule has 1 fully saturated rings. The molecule has 8 heteroatoms. The highest BCUT2D eigenvalue weighted by molar-refractivity contribution is 5.95. The Balaban J connectivity index is 1.75. The zero-order valence-corrected chi connectivity index (χ0v) is 17.6. The minimum Gasteiger partial charge on any atom is -0.497 e.